The van der Waals surface area contributed by atoms with Gasteiger partial charge in [0, 0.05) is 6.54 Å². The van der Waals surface area contributed by atoms with Crippen LogP contribution in [0.5, 0.6) is 5.75 Å². The largest absolute Gasteiger partial charge is 0.486 e. The summed E-state index contributed by atoms with van der Waals surface area (Å²) in [6, 6.07) is 16.6. The van der Waals surface area contributed by atoms with Crippen molar-refractivity contribution in [1.82, 2.24) is 16.2 Å². The van der Waals surface area contributed by atoms with Crippen LogP contribution < -0.4 is 20.9 Å². The average molecular weight is 381 g/mol. The third kappa shape index (κ3) is 5.26. The molecule has 0 aliphatic heterocycles. The molecule has 3 N–H and O–H groups in total. The van der Waals surface area contributed by atoms with Crippen molar-refractivity contribution in [3.63, 3.8) is 0 Å². The first-order valence-electron chi connectivity index (χ1n) is 9.20. The first-order valence-corrected chi connectivity index (χ1v) is 9.20. The van der Waals surface area contributed by atoms with E-state index in [1.165, 1.54) is 6.07 Å². The van der Waals surface area contributed by atoms with Gasteiger partial charge in [0.15, 0.2) is 5.76 Å². The number of furan rings is 1. The van der Waals surface area contributed by atoms with Crippen LogP contribution in [0.15, 0.2) is 59.0 Å². The second-order valence-electron chi connectivity index (χ2n) is 6.25. The van der Waals surface area contributed by atoms with Crippen LogP contribution in [0.3, 0.4) is 0 Å². The lowest BCUT2D eigenvalue weighted by molar-refractivity contribution is 0.0904. The number of hydrogen-bond acceptors (Lipinski definition) is 4. The molecule has 3 amide bonds. The minimum atomic E-state index is -0.539. The number of fused-ring (bicyclic) bond motifs is 1. The molecule has 7 heteroatoms. The summed E-state index contributed by atoms with van der Waals surface area (Å²) in [5.74, 6) is 0.769. The highest BCUT2D eigenvalue weighted by molar-refractivity contribution is 5.92. The van der Waals surface area contributed by atoms with Crippen LogP contribution in [0.25, 0.3) is 10.8 Å². The van der Waals surface area contributed by atoms with Gasteiger partial charge in [-0.05, 0) is 41.5 Å². The highest BCUT2D eigenvalue weighted by Crippen LogP contribution is 2.21. The Morgan fingerprint density at radius 1 is 1.00 bits per heavy atom. The maximum atomic E-state index is 12.0. The second kappa shape index (κ2) is 9.45. The van der Waals surface area contributed by atoms with Crippen molar-refractivity contribution in [3.8, 4) is 5.75 Å². The van der Waals surface area contributed by atoms with E-state index >= 15 is 0 Å². The topological polar surface area (TPSA) is 92.6 Å². The van der Waals surface area contributed by atoms with E-state index in [9.17, 15) is 9.59 Å². The number of unbranched alkanes of at least 4 members (excludes halogenated alkanes) is 1. The fourth-order valence-corrected chi connectivity index (χ4v) is 2.59. The Morgan fingerprint density at radius 2 is 1.82 bits per heavy atom. The van der Waals surface area contributed by atoms with Crippen LogP contribution >= 0.6 is 0 Å². The SMILES string of the molecule is CCCCNC(=O)NNC(=O)c1ccc(COc2ccc3ccccc3c2)o1. The minimum absolute atomic E-state index is 0.0889. The van der Waals surface area contributed by atoms with E-state index in [0.29, 0.717) is 18.1 Å². The third-order valence-corrected chi connectivity index (χ3v) is 4.09. The summed E-state index contributed by atoms with van der Waals surface area (Å²) in [7, 11) is 0. The molecule has 0 aliphatic carbocycles. The fraction of sp³-hybridized carbons (Fsp3) is 0.238. The molecule has 0 fully saturated rings. The van der Waals surface area contributed by atoms with E-state index in [4.69, 9.17) is 9.15 Å². The minimum Gasteiger partial charge on any atom is -0.486 e. The standard InChI is InChI=1S/C21H23N3O4/c1-2-3-12-22-21(26)24-23-20(25)19-11-10-18(28-19)14-27-17-9-8-15-6-4-5-7-16(15)13-17/h4-11,13H,2-3,12,14H2,1H3,(H,23,25)(H2,22,24,26). The van der Waals surface area contributed by atoms with Crippen LogP contribution in [0, 0.1) is 0 Å². The van der Waals surface area contributed by atoms with Crippen molar-refractivity contribution < 1.29 is 18.7 Å². The number of amides is 3. The van der Waals surface area contributed by atoms with E-state index in [1.807, 2.05) is 49.4 Å². The zero-order chi connectivity index (χ0) is 19.8. The molecule has 0 saturated heterocycles. The summed E-state index contributed by atoms with van der Waals surface area (Å²) in [5.41, 5.74) is 4.58. The summed E-state index contributed by atoms with van der Waals surface area (Å²) >= 11 is 0. The van der Waals surface area contributed by atoms with Crippen LogP contribution in [-0.4, -0.2) is 18.5 Å². The molecule has 0 radical (unpaired) electrons. The van der Waals surface area contributed by atoms with E-state index in [1.54, 1.807) is 6.07 Å². The van der Waals surface area contributed by atoms with Crippen LogP contribution in [0.2, 0.25) is 0 Å². The van der Waals surface area contributed by atoms with Gasteiger partial charge in [-0.2, -0.15) is 0 Å². The maximum absolute atomic E-state index is 12.0. The van der Waals surface area contributed by atoms with Crippen LogP contribution in [0.4, 0.5) is 4.79 Å². The Labute approximate surface area is 163 Å². The number of rotatable bonds is 7. The highest BCUT2D eigenvalue weighted by atomic mass is 16.5. The van der Waals surface area contributed by atoms with Crippen molar-refractivity contribution in [3.05, 3.63) is 66.1 Å². The van der Waals surface area contributed by atoms with Crippen LogP contribution in [0.1, 0.15) is 36.1 Å². The number of carbonyl (C=O) groups is 2. The third-order valence-electron chi connectivity index (χ3n) is 4.09. The fourth-order valence-electron chi connectivity index (χ4n) is 2.59. The molecule has 7 nitrogen and oxygen atoms in total. The molecule has 1 heterocycles. The monoisotopic (exact) mass is 381 g/mol. The Bertz CT molecular complexity index is 951. The molecular formula is C21H23N3O4. The first kappa shape index (κ1) is 19.3. The molecule has 3 rings (SSSR count). The zero-order valence-corrected chi connectivity index (χ0v) is 15.7. The molecule has 0 saturated carbocycles. The predicted molar refractivity (Wildman–Crippen MR) is 106 cm³/mol. The van der Waals surface area contributed by atoms with Gasteiger partial charge in [0.1, 0.15) is 18.1 Å². The number of ether oxygens (including phenoxy) is 1. The van der Waals surface area contributed by atoms with Gasteiger partial charge in [-0.3, -0.25) is 10.2 Å². The molecule has 0 atom stereocenters. The highest BCUT2D eigenvalue weighted by Gasteiger charge is 2.12. The summed E-state index contributed by atoms with van der Waals surface area (Å²) < 4.78 is 11.2. The van der Waals surface area contributed by atoms with Gasteiger partial charge in [0.2, 0.25) is 0 Å². The molecule has 0 bridgehead atoms. The molecule has 0 unspecified atom stereocenters. The summed E-state index contributed by atoms with van der Waals surface area (Å²) in [4.78, 5) is 23.5. The van der Waals surface area contributed by atoms with E-state index in [2.05, 4.69) is 16.2 Å². The number of hydrazine groups is 1. The second-order valence-corrected chi connectivity index (χ2v) is 6.25. The van der Waals surface area contributed by atoms with E-state index < -0.39 is 11.9 Å². The predicted octanol–water partition coefficient (Wildman–Crippen LogP) is 3.76. The van der Waals surface area contributed by atoms with Gasteiger partial charge in [-0.1, -0.05) is 43.7 Å². The van der Waals surface area contributed by atoms with Crippen molar-refractivity contribution in [2.24, 2.45) is 0 Å². The molecule has 146 valence electrons. The first-order chi connectivity index (χ1) is 13.7. The summed E-state index contributed by atoms with van der Waals surface area (Å²) in [6.07, 6.45) is 1.85. The van der Waals surface area contributed by atoms with E-state index in [0.717, 1.165) is 23.6 Å². The number of nitrogens with one attached hydrogen (secondary N) is 3. The van der Waals surface area contributed by atoms with Gasteiger partial charge >= 0.3 is 11.9 Å². The average Bonchev–Trinajstić information content (AvgIpc) is 3.20. The van der Waals surface area contributed by atoms with Crippen LogP contribution in [-0.2, 0) is 6.61 Å². The normalized spacial score (nSPS) is 10.5. The quantitative estimate of drug-likeness (QED) is 0.429. The van der Waals surface area contributed by atoms with Crippen molar-refractivity contribution in [2.75, 3.05) is 6.54 Å². The molecule has 2 aromatic carbocycles. The van der Waals surface area contributed by atoms with Crippen molar-refractivity contribution in [1.29, 1.82) is 0 Å². The lowest BCUT2D eigenvalue weighted by Gasteiger charge is -2.07. The Balaban J connectivity index is 1.49. The summed E-state index contributed by atoms with van der Waals surface area (Å²) in [5, 5.41) is 4.85. The molecular weight excluding hydrogens is 358 g/mol. The van der Waals surface area contributed by atoms with E-state index in [-0.39, 0.29) is 12.4 Å². The molecule has 28 heavy (non-hydrogen) atoms. The zero-order valence-electron chi connectivity index (χ0n) is 15.7. The van der Waals surface area contributed by atoms with Crippen molar-refractivity contribution >= 4 is 22.7 Å². The van der Waals surface area contributed by atoms with Gasteiger partial charge in [-0.25, -0.2) is 10.2 Å². The van der Waals surface area contributed by atoms with Gasteiger partial charge in [0.25, 0.3) is 0 Å². The smallest absolute Gasteiger partial charge is 0.333 e. The van der Waals surface area contributed by atoms with Gasteiger partial charge in [0.05, 0.1) is 0 Å². The molecule has 3 aromatic rings. The van der Waals surface area contributed by atoms with Gasteiger partial charge in [-0.15, -0.1) is 0 Å². The Kier molecular flexibility index (Phi) is 6.51. The number of benzene rings is 2. The Hall–Kier alpha value is -3.48. The number of hydrogen-bond donors (Lipinski definition) is 3. The number of carbonyl (C=O) groups excluding carboxylic acids is 2. The molecule has 1 aromatic heterocycles. The molecule has 0 spiro atoms. The molecule has 0 aliphatic rings. The Morgan fingerprint density at radius 3 is 2.64 bits per heavy atom. The summed E-state index contributed by atoms with van der Waals surface area (Å²) in [6.45, 7) is 2.77. The van der Waals surface area contributed by atoms with Gasteiger partial charge < -0.3 is 14.5 Å². The lowest BCUT2D eigenvalue weighted by Crippen LogP contribution is -2.47. The number of urea groups is 1. The maximum Gasteiger partial charge on any atom is 0.333 e. The van der Waals surface area contributed by atoms with Crippen molar-refractivity contribution in [2.45, 2.75) is 26.4 Å². The lowest BCUT2D eigenvalue weighted by atomic mass is 10.1.